The lowest BCUT2D eigenvalue weighted by molar-refractivity contribution is -0.00116. The summed E-state index contributed by atoms with van der Waals surface area (Å²) in [5.74, 6) is 1.60. The van der Waals surface area contributed by atoms with Crippen molar-refractivity contribution in [2.75, 3.05) is 13.1 Å². The average Bonchev–Trinajstić information content (AvgIpc) is 3.24. The van der Waals surface area contributed by atoms with Gasteiger partial charge in [0.05, 0.1) is 6.10 Å². The van der Waals surface area contributed by atoms with Crippen LogP contribution in [0.2, 0.25) is 0 Å². The Morgan fingerprint density at radius 1 is 1.43 bits per heavy atom. The number of piperidine rings is 1. The maximum Gasteiger partial charge on any atom is 0.270 e. The van der Waals surface area contributed by atoms with Crippen LogP contribution in [0, 0.1) is 12.8 Å². The summed E-state index contributed by atoms with van der Waals surface area (Å²) in [5.41, 5.74) is 0.729. The normalized spacial score (nSPS) is 27.2. The zero-order chi connectivity index (χ0) is 16.0. The smallest absolute Gasteiger partial charge is 0.270 e. The number of carbonyl (C=O) groups is 1. The molecule has 2 aromatic heterocycles. The Labute approximate surface area is 134 Å². The Kier molecular flexibility index (Phi) is 3.45. The van der Waals surface area contributed by atoms with E-state index in [1.54, 1.807) is 6.92 Å². The molecule has 7 nitrogen and oxygen atoms in total. The number of aromatic nitrogens is 3. The summed E-state index contributed by atoms with van der Waals surface area (Å²) in [6.07, 6.45) is 3.64. The molecule has 4 heterocycles. The van der Waals surface area contributed by atoms with E-state index >= 15 is 0 Å². The number of likely N-dealkylation sites (tertiary alicyclic amines) is 1. The first-order valence-corrected chi connectivity index (χ1v) is 7.98. The van der Waals surface area contributed by atoms with E-state index in [9.17, 15) is 4.79 Å². The number of rotatable bonds is 2. The molecule has 0 N–H and O–H groups in total. The predicted molar refractivity (Wildman–Crippen MR) is 80.7 cm³/mol. The van der Waals surface area contributed by atoms with Crippen molar-refractivity contribution in [3.8, 4) is 0 Å². The molecule has 2 aliphatic heterocycles. The van der Waals surface area contributed by atoms with Gasteiger partial charge in [0.25, 0.3) is 5.91 Å². The molecule has 0 aromatic carbocycles. The molecule has 0 saturated carbocycles. The molecule has 23 heavy (non-hydrogen) atoms. The summed E-state index contributed by atoms with van der Waals surface area (Å²) in [4.78, 5) is 18.9. The Hall–Kier alpha value is -2.15. The fourth-order valence-corrected chi connectivity index (χ4v) is 3.60. The Bertz CT molecular complexity index is 722. The predicted octanol–water partition coefficient (Wildman–Crippen LogP) is 1.71. The zero-order valence-corrected chi connectivity index (χ0v) is 13.3. The summed E-state index contributed by atoms with van der Waals surface area (Å²) in [7, 11) is 1.90. The summed E-state index contributed by atoms with van der Waals surface area (Å²) in [6, 6.07) is 3.76. The van der Waals surface area contributed by atoms with Crippen LogP contribution < -0.4 is 0 Å². The van der Waals surface area contributed by atoms with Crippen molar-refractivity contribution in [3.05, 3.63) is 35.7 Å². The first kappa shape index (κ1) is 14.4. The molecule has 0 bridgehead atoms. The van der Waals surface area contributed by atoms with E-state index in [2.05, 4.69) is 10.1 Å². The van der Waals surface area contributed by atoms with Crippen LogP contribution in [0.15, 0.2) is 22.9 Å². The van der Waals surface area contributed by atoms with Gasteiger partial charge in [-0.3, -0.25) is 4.79 Å². The van der Waals surface area contributed by atoms with E-state index in [1.807, 2.05) is 34.8 Å². The Morgan fingerprint density at radius 3 is 3.00 bits per heavy atom. The second kappa shape index (κ2) is 5.49. The number of hydrogen-bond donors (Lipinski definition) is 0. The van der Waals surface area contributed by atoms with Gasteiger partial charge in [-0.25, -0.2) is 0 Å². The van der Waals surface area contributed by atoms with Gasteiger partial charge in [0.2, 0.25) is 11.7 Å². The third-order valence-corrected chi connectivity index (χ3v) is 4.80. The minimum absolute atomic E-state index is 0.0924. The summed E-state index contributed by atoms with van der Waals surface area (Å²) >= 11 is 0. The van der Waals surface area contributed by atoms with E-state index in [0.717, 1.165) is 31.6 Å². The van der Waals surface area contributed by atoms with Crippen LogP contribution >= 0.6 is 0 Å². The molecule has 4 rings (SSSR count). The largest absolute Gasteiger partial charge is 0.366 e. The summed E-state index contributed by atoms with van der Waals surface area (Å²) < 4.78 is 13.0. The van der Waals surface area contributed by atoms with Crippen molar-refractivity contribution < 1.29 is 14.1 Å². The Balaban J connectivity index is 1.45. The number of hydrogen-bond acceptors (Lipinski definition) is 5. The summed E-state index contributed by atoms with van der Waals surface area (Å²) in [5, 5.41) is 3.97. The first-order valence-electron chi connectivity index (χ1n) is 7.98. The molecule has 2 saturated heterocycles. The van der Waals surface area contributed by atoms with Crippen molar-refractivity contribution in [1.82, 2.24) is 19.6 Å². The van der Waals surface area contributed by atoms with Crippen molar-refractivity contribution in [2.24, 2.45) is 13.0 Å². The molecule has 0 spiro atoms. The summed E-state index contributed by atoms with van der Waals surface area (Å²) in [6.45, 7) is 3.23. The van der Waals surface area contributed by atoms with Crippen LogP contribution in [-0.4, -0.2) is 44.7 Å². The van der Waals surface area contributed by atoms with Gasteiger partial charge >= 0.3 is 0 Å². The van der Waals surface area contributed by atoms with Gasteiger partial charge in [-0.2, -0.15) is 4.98 Å². The van der Waals surface area contributed by atoms with Crippen LogP contribution in [0.4, 0.5) is 0 Å². The van der Waals surface area contributed by atoms with Gasteiger partial charge in [-0.1, -0.05) is 5.16 Å². The van der Waals surface area contributed by atoms with Crippen LogP contribution in [0.1, 0.15) is 41.1 Å². The number of amides is 1. The maximum atomic E-state index is 12.6. The monoisotopic (exact) mass is 316 g/mol. The number of carbonyl (C=O) groups excluding carboxylic acids is 1. The van der Waals surface area contributed by atoms with E-state index in [-0.39, 0.29) is 18.1 Å². The SMILES string of the molecule is Cc1nc([C@H]2C[C@H]3CN(C(=O)c4cccn4C)CC[C@@H]3O2)no1. The highest BCUT2D eigenvalue weighted by atomic mass is 16.5. The third kappa shape index (κ3) is 2.55. The van der Waals surface area contributed by atoms with Gasteiger partial charge in [0.15, 0.2) is 0 Å². The molecule has 122 valence electrons. The van der Waals surface area contributed by atoms with Gasteiger partial charge in [0.1, 0.15) is 11.8 Å². The minimum atomic E-state index is -0.118. The minimum Gasteiger partial charge on any atom is -0.366 e. The molecule has 2 aromatic rings. The second-order valence-electron chi connectivity index (χ2n) is 6.37. The van der Waals surface area contributed by atoms with E-state index in [1.165, 1.54) is 0 Å². The quantitative estimate of drug-likeness (QED) is 0.843. The lowest BCUT2D eigenvalue weighted by Gasteiger charge is -2.34. The molecule has 0 aliphatic carbocycles. The topological polar surface area (TPSA) is 73.4 Å². The number of fused-ring (bicyclic) bond motifs is 1. The van der Waals surface area contributed by atoms with Crippen molar-refractivity contribution >= 4 is 5.91 Å². The first-order chi connectivity index (χ1) is 11.1. The van der Waals surface area contributed by atoms with Gasteiger partial charge in [-0.15, -0.1) is 0 Å². The standard InChI is InChI=1S/C16H20N4O3/c1-10-17-15(18-23-10)14-8-11-9-20(7-5-13(11)22-14)16(21)12-4-3-6-19(12)2/h3-4,6,11,13-14H,5,7-9H2,1-2H3/t11-,13-,14+/m0/s1. The molecular weight excluding hydrogens is 296 g/mol. The van der Waals surface area contributed by atoms with Gasteiger partial charge in [-0.05, 0) is 25.0 Å². The lowest BCUT2D eigenvalue weighted by Crippen LogP contribution is -2.44. The molecule has 3 atom stereocenters. The highest BCUT2D eigenvalue weighted by Crippen LogP contribution is 2.40. The highest BCUT2D eigenvalue weighted by Gasteiger charge is 2.42. The molecule has 2 fully saturated rings. The molecule has 1 amide bonds. The van der Waals surface area contributed by atoms with E-state index in [4.69, 9.17) is 9.26 Å². The maximum absolute atomic E-state index is 12.6. The molecule has 0 radical (unpaired) electrons. The molecule has 2 aliphatic rings. The number of ether oxygens (including phenoxy) is 1. The van der Waals surface area contributed by atoms with Crippen LogP contribution in [0.3, 0.4) is 0 Å². The van der Waals surface area contributed by atoms with E-state index < -0.39 is 0 Å². The van der Waals surface area contributed by atoms with Gasteiger partial charge < -0.3 is 18.7 Å². The lowest BCUT2D eigenvalue weighted by atomic mass is 9.92. The highest BCUT2D eigenvalue weighted by molar-refractivity contribution is 5.92. The van der Waals surface area contributed by atoms with Crippen LogP contribution in [-0.2, 0) is 11.8 Å². The molecule has 7 heteroatoms. The van der Waals surface area contributed by atoms with Crippen molar-refractivity contribution in [2.45, 2.75) is 32.0 Å². The fourth-order valence-electron chi connectivity index (χ4n) is 3.60. The fraction of sp³-hybridized carbons (Fsp3) is 0.562. The van der Waals surface area contributed by atoms with Crippen molar-refractivity contribution in [1.29, 1.82) is 0 Å². The van der Waals surface area contributed by atoms with Gasteiger partial charge in [0, 0.05) is 39.2 Å². The van der Waals surface area contributed by atoms with E-state index in [0.29, 0.717) is 17.6 Å². The van der Waals surface area contributed by atoms with Crippen molar-refractivity contribution in [3.63, 3.8) is 0 Å². The molecule has 0 unspecified atom stereocenters. The number of aryl methyl sites for hydroxylation is 2. The van der Waals surface area contributed by atoms with Crippen LogP contribution in [0.5, 0.6) is 0 Å². The number of nitrogens with zero attached hydrogens (tertiary/aromatic N) is 4. The zero-order valence-electron chi connectivity index (χ0n) is 13.3. The average molecular weight is 316 g/mol. The third-order valence-electron chi connectivity index (χ3n) is 4.80. The molecular formula is C16H20N4O3. The Morgan fingerprint density at radius 2 is 2.30 bits per heavy atom. The second-order valence-corrected chi connectivity index (χ2v) is 6.37. The van der Waals surface area contributed by atoms with Crippen LogP contribution in [0.25, 0.3) is 0 Å².